The molecule has 120 valence electrons. The molecule has 1 rings (SSSR count). The second-order valence-electron chi connectivity index (χ2n) is 4.75. The van der Waals surface area contributed by atoms with E-state index in [1.165, 1.54) is 25.6 Å². The van der Waals surface area contributed by atoms with Crippen LogP contribution in [0.5, 0.6) is 5.75 Å². The number of nitrogens with one attached hydrogen (secondary N) is 1. The molecule has 0 aliphatic carbocycles. The van der Waals surface area contributed by atoms with Gasteiger partial charge in [0, 0.05) is 13.2 Å². The summed E-state index contributed by atoms with van der Waals surface area (Å²) >= 11 is 1.25. The van der Waals surface area contributed by atoms with Crippen LogP contribution in [0, 0.1) is 0 Å². The molecular weight excluding hydrogens is 292 g/mol. The highest BCUT2D eigenvalue weighted by Crippen LogP contribution is 2.42. The average Bonchev–Trinajstić information content (AvgIpc) is 2.77. The monoisotopic (exact) mass is 316 g/mol. The van der Waals surface area contributed by atoms with Crippen molar-refractivity contribution in [3.05, 3.63) is 4.88 Å². The van der Waals surface area contributed by atoms with E-state index in [0.717, 1.165) is 31.0 Å². The molecule has 3 N–H and O–H groups in total. The van der Waals surface area contributed by atoms with E-state index in [-0.39, 0.29) is 6.10 Å². The Morgan fingerprint density at radius 1 is 1.33 bits per heavy atom. The van der Waals surface area contributed by atoms with Crippen molar-refractivity contribution >= 4 is 28.0 Å². The first kappa shape index (κ1) is 17.6. The molecule has 0 bridgehead atoms. The molecule has 0 radical (unpaired) electrons. The number of ether oxygens (including phenoxy) is 3. The highest BCUT2D eigenvalue weighted by Gasteiger charge is 2.22. The molecule has 0 amide bonds. The minimum atomic E-state index is -0.450. The number of esters is 1. The molecule has 0 spiro atoms. The summed E-state index contributed by atoms with van der Waals surface area (Å²) in [7, 11) is 2.86. The van der Waals surface area contributed by atoms with Crippen molar-refractivity contribution < 1.29 is 19.0 Å². The van der Waals surface area contributed by atoms with Gasteiger partial charge < -0.3 is 25.3 Å². The zero-order valence-corrected chi connectivity index (χ0v) is 13.8. The molecule has 0 aliphatic rings. The van der Waals surface area contributed by atoms with E-state index in [1.54, 1.807) is 0 Å². The molecule has 1 aromatic rings. The number of hydrogen-bond donors (Lipinski definition) is 2. The van der Waals surface area contributed by atoms with Gasteiger partial charge in [-0.2, -0.15) is 0 Å². The van der Waals surface area contributed by atoms with E-state index in [4.69, 9.17) is 19.9 Å². The van der Waals surface area contributed by atoms with E-state index in [2.05, 4.69) is 5.32 Å². The number of carbonyl (C=O) groups excluding carboxylic acids is 1. The molecule has 6 nitrogen and oxygen atoms in total. The van der Waals surface area contributed by atoms with Crippen LogP contribution in [0.1, 0.15) is 36.4 Å². The number of anilines is 2. The highest BCUT2D eigenvalue weighted by molar-refractivity contribution is 7.19. The molecule has 0 aliphatic heterocycles. The van der Waals surface area contributed by atoms with Gasteiger partial charge in [-0.1, -0.05) is 0 Å². The summed E-state index contributed by atoms with van der Waals surface area (Å²) < 4.78 is 15.4. The number of nitrogen functional groups attached to an aromatic ring is 1. The van der Waals surface area contributed by atoms with Crippen molar-refractivity contribution in [2.24, 2.45) is 0 Å². The predicted molar refractivity (Wildman–Crippen MR) is 85.4 cm³/mol. The van der Waals surface area contributed by atoms with Gasteiger partial charge in [0.2, 0.25) is 0 Å². The number of carbonyl (C=O) groups is 1. The van der Waals surface area contributed by atoms with Gasteiger partial charge >= 0.3 is 5.97 Å². The maximum Gasteiger partial charge on any atom is 0.350 e. The van der Waals surface area contributed by atoms with Crippen LogP contribution >= 0.6 is 11.3 Å². The summed E-state index contributed by atoms with van der Waals surface area (Å²) in [5.74, 6) is 0.0491. The van der Waals surface area contributed by atoms with Gasteiger partial charge in [-0.15, -0.1) is 11.3 Å². The summed E-state index contributed by atoms with van der Waals surface area (Å²) in [6.45, 7) is 5.55. The molecule has 1 aromatic heterocycles. The Morgan fingerprint density at radius 2 is 2.05 bits per heavy atom. The molecule has 7 heteroatoms. The fourth-order valence-corrected chi connectivity index (χ4v) is 2.77. The fourth-order valence-electron chi connectivity index (χ4n) is 1.74. The van der Waals surface area contributed by atoms with Crippen LogP contribution in [0.3, 0.4) is 0 Å². The maximum absolute atomic E-state index is 11.6. The van der Waals surface area contributed by atoms with E-state index in [9.17, 15) is 4.79 Å². The van der Waals surface area contributed by atoms with Crippen molar-refractivity contribution in [3.8, 4) is 5.75 Å². The Kier molecular flexibility index (Phi) is 7.31. The van der Waals surface area contributed by atoms with Gasteiger partial charge in [-0.05, 0) is 26.7 Å². The van der Waals surface area contributed by atoms with Crippen molar-refractivity contribution in [3.63, 3.8) is 0 Å². The Labute approximate surface area is 129 Å². The summed E-state index contributed by atoms with van der Waals surface area (Å²) in [5.41, 5.74) is 6.22. The molecule has 0 unspecified atom stereocenters. The summed E-state index contributed by atoms with van der Waals surface area (Å²) in [6, 6.07) is 0. The Morgan fingerprint density at radius 3 is 2.62 bits per heavy atom. The first-order chi connectivity index (χ1) is 10.0. The lowest BCUT2D eigenvalue weighted by Gasteiger charge is -2.08. The van der Waals surface area contributed by atoms with E-state index in [1.807, 2.05) is 13.8 Å². The smallest absolute Gasteiger partial charge is 0.350 e. The number of methoxy groups -OCH3 is 2. The van der Waals surface area contributed by atoms with Crippen molar-refractivity contribution in [1.82, 2.24) is 0 Å². The second-order valence-corrected chi connectivity index (χ2v) is 5.77. The minimum Gasteiger partial charge on any atom is -0.492 e. The average molecular weight is 316 g/mol. The normalized spacial score (nSPS) is 10.7. The first-order valence-corrected chi connectivity index (χ1v) is 7.72. The lowest BCUT2D eigenvalue weighted by molar-refractivity contribution is 0.0607. The van der Waals surface area contributed by atoms with Gasteiger partial charge in [0.05, 0.1) is 20.3 Å². The van der Waals surface area contributed by atoms with Crippen LogP contribution in [0.25, 0.3) is 0 Å². The summed E-state index contributed by atoms with van der Waals surface area (Å²) in [5, 5.41) is 3.99. The zero-order valence-electron chi connectivity index (χ0n) is 13.0. The van der Waals surface area contributed by atoms with Gasteiger partial charge in [-0.3, -0.25) is 0 Å². The quantitative estimate of drug-likeness (QED) is 0.538. The number of hydrogen-bond acceptors (Lipinski definition) is 7. The van der Waals surface area contributed by atoms with Crippen molar-refractivity contribution in [2.45, 2.75) is 32.8 Å². The third-order valence-electron chi connectivity index (χ3n) is 2.78. The molecule has 0 saturated carbocycles. The SMILES string of the molecule is COC(=O)c1sc(NCCCCOC(C)C)c(OC)c1N. The third-order valence-corrected chi connectivity index (χ3v) is 3.91. The van der Waals surface area contributed by atoms with Gasteiger partial charge in [0.1, 0.15) is 15.6 Å². The topological polar surface area (TPSA) is 82.8 Å². The Bertz CT molecular complexity index is 460. The third kappa shape index (κ3) is 5.09. The van der Waals surface area contributed by atoms with Crippen LogP contribution in [0.15, 0.2) is 0 Å². The van der Waals surface area contributed by atoms with E-state index in [0.29, 0.717) is 16.3 Å². The zero-order chi connectivity index (χ0) is 15.8. The van der Waals surface area contributed by atoms with Crippen LogP contribution in [-0.2, 0) is 9.47 Å². The number of thiophene rings is 1. The molecule has 1 heterocycles. The summed E-state index contributed by atoms with van der Waals surface area (Å²) in [6.07, 6.45) is 2.19. The van der Waals surface area contributed by atoms with E-state index < -0.39 is 5.97 Å². The van der Waals surface area contributed by atoms with E-state index >= 15 is 0 Å². The molecule has 0 aromatic carbocycles. The lowest BCUT2D eigenvalue weighted by Crippen LogP contribution is -2.07. The Hall–Kier alpha value is -1.47. The predicted octanol–water partition coefficient (Wildman–Crippen LogP) is 2.74. The molecule has 0 saturated heterocycles. The number of rotatable bonds is 9. The highest BCUT2D eigenvalue weighted by atomic mass is 32.1. The fraction of sp³-hybridized carbons (Fsp3) is 0.643. The van der Waals surface area contributed by atoms with Crippen LogP contribution in [0.2, 0.25) is 0 Å². The molecular formula is C14H24N2O4S. The van der Waals surface area contributed by atoms with Gasteiger partial charge in [-0.25, -0.2) is 4.79 Å². The minimum absolute atomic E-state index is 0.262. The van der Waals surface area contributed by atoms with Crippen molar-refractivity contribution in [2.75, 3.05) is 38.4 Å². The number of unbranched alkanes of at least 4 members (excludes halogenated alkanes) is 1. The standard InChI is InChI=1S/C14H24N2O4S/c1-9(2)20-8-6-5-7-16-13-11(18-3)10(15)12(21-13)14(17)19-4/h9,16H,5-8,15H2,1-4H3. The van der Waals surface area contributed by atoms with Gasteiger partial charge in [0.15, 0.2) is 5.75 Å². The maximum atomic E-state index is 11.6. The second kappa shape index (κ2) is 8.74. The van der Waals surface area contributed by atoms with Crippen LogP contribution in [0.4, 0.5) is 10.7 Å². The molecule has 21 heavy (non-hydrogen) atoms. The van der Waals surface area contributed by atoms with Crippen LogP contribution in [-0.4, -0.2) is 39.4 Å². The molecule has 0 atom stereocenters. The lowest BCUT2D eigenvalue weighted by atomic mass is 10.3. The number of nitrogens with two attached hydrogens (primary N) is 1. The van der Waals surface area contributed by atoms with Crippen LogP contribution < -0.4 is 15.8 Å². The first-order valence-electron chi connectivity index (χ1n) is 6.91. The Balaban J connectivity index is 2.53. The van der Waals surface area contributed by atoms with Gasteiger partial charge in [0.25, 0.3) is 0 Å². The molecule has 0 fully saturated rings. The largest absolute Gasteiger partial charge is 0.492 e. The van der Waals surface area contributed by atoms with Crippen molar-refractivity contribution in [1.29, 1.82) is 0 Å². The summed E-state index contributed by atoms with van der Waals surface area (Å²) in [4.78, 5) is 12.0.